The van der Waals surface area contributed by atoms with Gasteiger partial charge in [-0.05, 0) is 53.4 Å². The van der Waals surface area contributed by atoms with Gasteiger partial charge in [0.1, 0.15) is 18.1 Å². The molecular weight excluding hydrogens is 481 g/mol. The Morgan fingerprint density at radius 1 is 0.943 bits per heavy atom. The largest absolute Gasteiger partial charge is 0.489 e. The van der Waals surface area contributed by atoms with Crippen molar-refractivity contribution in [2.45, 2.75) is 26.5 Å². The van der Waals surface area contributed by atoms with E-state index < -0.39 is 0 Å². The minimum Gasteiger partial charge on any atom is -0.489 e. The van der Waals surface area contributed by atoms with Crippen LogP contribution in [0.15, 0.2) is 72.8 Å². The van der Waals surface area contributed by atoms with Gasteiger partial charge in [-0.1, -0.05) is 73.4 Å². The lowest BCUT2D eigenvalue weighted by atomic mass is 9.95. The lowest BCUT2D eigenvalue weighted by Crippen LogP contribution is -2.32. The van der Waals surface area contributed by atoms with Crippen molar-refractivity contribution in [3.05, 3.63) is 105 Å². The Hall–Kier alpha value is -3.28. The maximum absolute atomic E-state index is 13.4. The Bertz CT molecular complexity index is 1330. The van der Waals surface area contributed by atoms with Crippen LogP contribution in [0.25, 0.3) is 11.3 Å². The van der Waals surface area contributed by atoms with Gasteiger partial charge < -0.3 is 9.64 Å². The third-order valence-electron chi connectivity index (χ3n) is 6.06. The molecule has 1 aliphatic rings. The Kier molecular flexibility index (Phi) is 6.54. The quantitative estimate of drug-likeness (QED) is 0.289. The number of rotatable bonds is 7. The van der Waals surface area contributed by atoms with Crippen LogP contribution in [-0.4, -0.2) is 27.5 Å². The molecule has 1 amide bonds. The fraction of sp³-hybridized carbons (Fsp3) is 0.214. The van der Waals surface area contributed by atoms with Crippen LogP contribution in [0.1, 0.15) is 47.1 Å². The molecule has 35 heavy (non-hydrogen) atoms. The SMILES string of the molecule is CC(C)CN1C(=O)c2[nH]nc(-c3ccc(Cl)cc3)c2C1c1ccc(OCc2ccc(Cl)cc2)cc1. The first-order valence-electron chi connectivity index (χ1n) is 11.5. The van der Waals surface area contributed by atoms with Gasteiger partial charge in [-0.25, -0.2) is 0 Å². The monoisotopic (exact) mass is 505 g/mol. The van der Waals surface area contributed by atoms with E-state index >= 15 is 0 Å². The second-order valence-corrected chi connectivity index (χ2v) is 9.98. The first kappa shape index (κ1) is 23.5. The molecule has 5 rings (SSSR count). The molecular formula is C28H25Cl2N3O2. The summed E-state index contributed by atoms with van der Waals surface area (Å²) in [4.78, 5) is 15.3. The summed E-state index contributed by atoms with van der Waals surface area (Å²) in [5, 5.41) is 8.87. The van der Waals surface area contributed by atoms with Crippen LogP contribution in [0.2, 0.25) is 10.0 Å². The summed E-state index contributed by atoms with van der Waals surface area (Å²) < 4.78 is 5.97. The first-order valence-corrected chi connectivity index (χ1v) is 12.3. The number of aromatic amines is 1. The first-order chi connectivity index (χ1) is 16.9. The molecule has 1 aromatic heterocycles. The molecule has 1 aliphatic heterocycles. The molecule has 5 nitrogen and oxygen atoms in total. The van der Waals surface area contributed by atoms with Crippen LogP contribution >= 0.6 is 23.2 Å². The number of hydrogen-bond donors (Lipinski definition) is 1. The van der Waals surface area contributed by atoms with Crippen molar-refractivity contribution in [3.63, 3.8) is 0 Å². The zero-order valence-corrected chi connectivity index (χ0v) is 21.0. The minimum absolute atomic E-state index is 0.0329. The normalized spacial score (nSPS) is 15.1. The number of H-pyrrole nitrogens is 1. The molecule has 3 aromatic carbocycles. The van der Waals surface area contributed by atoms with Crippen LogP contribution in [-0.2, 0) is 6.61 Å². The van der Waals surface area contributed by atoms with Gasteiger partial charge in [-0.3, -0.25) is 9.89 Å². The third kappa shape index (κ3) is 4.79. The van der Waals surface area contributed by atoms with Crippen LogP contribution in [0.5, 0.6) is 5.75 Å². The number of aromatic nitrogens is 2. The van der Waals surface area contributed by atoms with Gasteiger partial charge in [-0.15, -0.1) is 0 Å². The fourth-order valence-electron chi connectivity index (χ4n) is 4.45. The molecule has 2 heterocycles. The molecule has 1 atom stereocenters. The number of nitrogens with zero attached hydrogens (tertiary/aromatic N) is 2. The predicted octanol–water partition coefficient (Wildman–Crippen LogP) is 7.16. The maximum atomic E-state index is 13.4. The minimum atomic E-state index is -0.241. The van der Waals surface area contributed by atoms with E-state index in [1.807, 2.05) is 77.7 Å². The van der Waals surface area contributed by atoms with Gasteiger partial charge in [0.25, 0.3) is 5.91 Å². The van der Waals surface area contributed by atoms with Gasteiger partial charge in [0.05, 0.1) is 11.7 Å². The number of amides is 1. The highest BCUT2D eigenvalue weighted by Crippen LogP contribution is 2.43. The van der Waals surface area contributed by atoms with E-state index in [1.165, 1.54) is 0 Å². The maximum Gasteiger partial charge on any atom is 0.273 e. The molecule has 1 N–H and O–H groups in total. The number of halogens is 2. The summed E-state index contributed by atoms with van der Waals surface area (Å²) in [5.41, 5.74) is 5.17. The van der Waals surface area contributed by atoms with E-state index in [0.29, 0.717) is 34.8 Å². The Balaban J connectivity index is 1.46. The average molecular weight is 506 g/mol. The number of hydrogen-bond acceptors (Lipinski definition) is 3. The number of fused-ring (bicyclic) bond motifs is 1. The van der Waals surface area contributed by atoms with Crippen molar-refractivity contribution in [2.75, 3.05) is 6.54 Å². The molecule has 0 saturated heterocycles. The summed E-state index contributed by atoms with van der Waals surface area (Å²) in [6.07, 6.45) is 0. The molecule has 0 saturated carbocycles. The second-order valence-electron chi connectivity index (χ2n) is 9.11. The summed E-state index contributed by atoms with van der Waals surface area (Å²) >= 11 is 12.1. The Labute approximate surface area is 214 Å². The molecule has 7 heteroatoms. The molecule has 0 bridgehead atoms. The number of nitrogens with one attached hydrogen (secondary N) is 1. The van der Waals surface area contributed by atoms with Crippen LogP contribution in [0, 0.1) is 5.92 Å². The van der Waals surface area contributed by atoms with Crippen molar-refractivity contribution in [1.29, 1.82) is 0 Å². The molecule has 0 aliphatic carbocycles. The van der Waals surface area contributed by atoms with Gasteiger partial charge in [0.2, 0.25) is 0 Å². The van der Waals surface area contributed by atoms with E-state index in [9.17, 15) is 4.79 Å². The molecule has 4 aromatic rings. The van der Waals surface area contributed by atoms with E-state index in [2.05, 4.69) is 24.0 Å². The molecule has 178 valence electrons. The Morgan fingerprint density at radius 3 is 2.20 bits per heavy atom. The standard InChI is InChI=1S/C28H25Cl2N3O2/c1-17(2)15-33-27(20-7-13-23(14-8-20)35-16-18-3-9-21(29)10-4-18)24-25(31-32-26(24)28(33)34)19-5-11-22(30)12-6-19/h3-14,17,27H,15-16H2,1-2H3,(H,31,32). The van der Waals surface area contributed by atoms with Crippen LogP contribution in [0.4, 0.5) is 0 Å². The lowest BCUT2D eigenvalue weighted by Gasteiger charge is -2.28. The van der Waals surface area contributed by atoms with Gasteiger partial charge in [-0.2, -0.15) is 5.10 Å². The fourth-order valence-corrected chi connectivity index (χ4v) is 4.70. The number of carbonyl (C=O) groups excluding carboxylic acids is 1. The predicted molar refractivity (Wildman–Crippen MR) is 139 cm³/mol. The Morgan fingerprint density at radius 2 is 1.57 bits per heavy atom. The number of ether oxygens (including phenoxy) is 1. The van der Waals surface area contributed by atoms with Crippen molar-refractivity contribution in [3.8, 4) is 17.0 Å². The van der Waals surface area contributed by atoms with E-state index in [1.54, 1.807) is 0 Å². The van der Waals surface area contributed by atoms with Crippen LogP contribution < -0.4 is 4.74 Å². The molecule has 0 radical (unpaired) electrons. The highest BCUT2D eigenvalue weighted by molar-refractivity contribution is 6.30. The van der Waals surface area contributed by atoms with E-state index in [4.69, 9.17) is 27.9 Å². The summed E-state index contributed by atoms with van der Waals surface area (Å²) in [5.74, 6) is 1.04. The van der Waals surface area contributed by atoms with E-state index in [0.717, 1.165) is 33.7 Å². The third-order valence-corrected chi connectivity index (χ3v) is 6.56. The average Bonchev–Trinajstić information content (AvgIpc) is 3.39. The zero-order chi connectivity index (χ0) is 24.5. The van der Waals surface area contributed by atoms with Crippen molar-refractivity contribution >= 4 is 29.1 Å². The van der Waals surface area contributed by atoms with Gasteiger partial charge in [0.15, 0.2) is 0 Å². The topological polar surface area (TPSA) is 58.2 Å². The van der Waals surface area contributed by atoms with Crippen molar-refractivity contribution in [2.24, 2.45) is 5.92 Å². The second kappa shape index (κ2) is 9.76. The lowest BCUT2D eigenvalue weighted by molar-refractivity contribution is 0.0722. The van der Waals surface area contributed by atoms with Crippen molar-refractivity contribution in [1.82, 2.24) is 15.1 Å². The highest BCUT2D eigenvalue weighted by atomic mass is 35.5. The smallest absolute Gasteiger partial charge is 0.273 e. The highest BCUT2D eigenvalue weighted by Gasteiger charge is 2.42. The summed E-state index contributed by atoms with van der Waals surface area (Å²) in [6.45, 7) is 5.32. The summed E-state index contributed by atoms with van der Waals surface area (Å²) in [7, 11) is 0. The molecule has 0 fully saturated rings. The molecule has 1 unspecified atom stereocenters. The van der Waals surface area contributed by atoms with Gasteiger partial charge in [0, 0.05) is 27.7 Å². The zero-order valence-electron chi connectivity index (χ0n) is 19.5. The number of benzene rings is 3. The van der Waals surface area contributed by atoms with Crippen LogP contribution in [0.3, 0.4) is 0 Å². The number of carbonyl (C=O) groups is 1. The van der Waals surface area contributed by atoms with Crippen molar-refractivity contribution < 1.29 is 9.53 Å². The van der Waals surface area contributed by atoms with Gasteiger partial charge >= 0.3 is 0 Å². The molecule has 0 spiro atoms. The van der Waals surface area contributed by atoms with E-state index in [-0.39, 0.29) is 11.9 Å². The summed E-state index contributed by atoms with van der Waals surface area (Å²) in [6, 6.07) is 22.8.